The molecule has 1 fully saturated rings. The first-order chi connectivity index (χ1) is 10.2. The second-order valence-electron chi connectivity index (χ2n) is 5.30. The van der Waals surface area contributed by atoms with Gasteiger partial charge in [-0.1, -0.05) is 0 Å². The average molecular weight is 293 g/mol. The normalized spacial score (nSPS) is 21.7. The van der Waals surface area contributed by atoms with Crippen LogP contribution in [0.1, 0.15) is 38.2 Å². The number of esters is 1. The molecule has 116 valence electrons. The molecule has 1 aliphatic rings. The largest absolute Gasteiger partial charge is 0.478 e. The summed E-state index contributed by atoms with van der Waals surface area (Å²) in [6, 6.07) is 0.328. The van der Waals surface area contributed by atoms with E-state index in [1.807, 2.05) is 13.8 Å². The number of hydrogen-bond acceptors (Lipinski definition) is 6. The topological polar surface area (TPSA) is 73.3 Å². The van der Waals surface area contributed by atoms with E-state index >= 15 is 0 Å². The predicted molar refractivity (Wildman–Crippen MR) is 79.3 cm³/mol. The quantitative estimate of drug-likeness (QED) is 0.840. The highest BCUT2D eigenvalue weighted by atomic mass is 16.5. The van der Waals surface area contributed by atoms with Crippen molar-refractivity contribution in [1.29, 1.82) is 0 Å². The number of nitrogens with zero attached hydrogens (tertiary/aromatic N) is 2. The lowest BCUT2D eigenvalue weighted by atomic mass is 9.86. The molecule has 2 rings (SSSR count). The van der Waals surface area contributed by atoms with E-state index in [1.54, 1.807) is 0 Å². The monoisotopic (exact) mass is 293 g/mol. The molecule has 1 heterocycles. The summed E-state index contributed by atoms with van der Waals surface area (Å²) in [6.45, 7) is 4.47. The van der Waals surface area contributed by atoms with Crippen molar-refractivity contribution in [2.24, 2.45) is 5.92 Å². The maximum absolute atomic E-state index is 11.5. The highest BCUT2D eigenvalue weighted by Gasteiger charge is 2.27. The van der Waals surface area contributed by atoms with Crippen molar-refractivity contribution >= 4 is 11.8 Å². The molecular formula is C15H23N3O3. The van der Waals surface area contributed by atoms with Gasteiger partial charge in [0.25, 0.3) is 0 Å². The SMILES string of the molecule is CCOc1ncnc(NC2CCC(C(=O)OC)CC2)c1C. The number of methoxy groups -OCH3 is 1. The number of ether oxygens (including phenoxy) is 2. The molecule has 1 aromatic heterocycles. The summed E-state index contributed by atoms with van der Waals surface area (Å²) >= 11 is 0. The fourth-order valence-electron chi connectivity index (χ4n) is 2.70. The van der Waals surface area contributed by atoms with Crippen molar-refractivity contribution in [3.63, 3.8) is 0 Å². The van der Waals surface area contributed by atoms with E-state index < -0.39 is 0 Å². The fraction of sp³-hybridized carbons (Fsp3) is 0.667. The summed E-state index contributed by atoms with van der Waals surface area (Å²) in [4.78, 5) is 19.9. The maximum Gasteiger partial charge on any atom is 0.308 e. The zero-order valence-corrected chi connectivity index (χ0v) is 12.9. The van der Waals surface area contributed by atoms with E-state index in [9.17, 15) is 4.79 Å². The molecule has 0 aliphatic heterocycles. The van der Waals surface area contributed by atoms with Gasteiger partial charge in [0.05, 0.1) is 25.2 Å². The minimum Gasteiger partial charge on any atom is -0.478 e. The standard InChI is InChI=1S/C15H23N3O3/c1-4-21-14-10(2)13(16-9-17-14)18-12-7-5-11(6-8-12)15(19)20-3/h9,11-12H,4-8H2,1-3H3,(H,16,17,18). The van der Waals surface area contributed by atoms with Crippen LogP contribution in [0.2, 0.25) is 0 Å². The highest BCUT2D eigenvalue weighted by molar-refractivity contribution is 5.72. The third-order valence-electron chi connectivity index (χ3n) is 3.92. The molecule has 0 spiro atoms. The molecule has 0 radical (unpaired) electrons. The number of hydrogen-bond donors (Lipinski definition) is 1. The van der Waals surface area contributed by atoms with Gasteiger partial charge in [0.15, 0.2) is 0 Å². The predicted octanol–water partition coefficient (Wildman–Crippen LogP) is 2.33. The van der Waals surface area contributed by atoms with Crippen molar-refractivity contribution in [1.82, 2.24) is 9.97 Å². The Bertz CT molecular complexity index is 485. The van der Waals surface area contributed by atoms with Crippen LogP contribution in [0.15, 0.2) is 6.33 Å². The van der Waals surface area contributed by atoms with Gasteiger partial charge < -0.3 is 14.8 Å². The van der Waals surface area contributed by atoms with Crippen molar-refractivity contribution in [2.75, 3.05) is 19.0 Å². The molecule has 0 saturated heterocycles. The van der Waals surface area contributed by atoms with E-state index in [1.165, 1.54) is 13.4 Å². The number of rotatable bonds is 5. The molecule has 0 bridgehead atoms. The Kier molecular flexibility index (Phi) is 5.36. The van der Waals surface area contributed by atoms with Crippen LogP contribution in [0.5, 0.6) is 5.88 Å². The first-order valence-electron chi connectivity index (χ1n) is 7.44. The molecule has 21 heavy (non-hydrogen) atoms. The second kappa shape index (κ2) is 7.24. The van der Waals surface area contributed by atoms with Gasteiger partial charge >= 0.3 is 5.97 Å². The number of anilines is 1. The smallest absolute Gasteiger partial charge is 0.308 e. The second-order valence-corrected chi connectivity index (χ2v) is 5.30. The van der Waals surface area contributed by atoms with Gasteiger partial charge in [0, 0.05) is 6.04 Å². The zero-order valence-electron chi connectivity index (χ0n) is 12.9. The molecule has 1 aromatic rings. The Morgan fingerprint density at radius 1 is 1.33 bits per heavy atom. The van der Waals surface area contributed by atoms with Crippen LogP contribution in [0, 0.1) is 12.8 Å². The third kappa shape index (κ3) is 3.83. The van der Waals surface area contributed by atoms with Crippen molar-refractivity contribution in [2.45, 2.75) is 45.6 Å². The molecule has 6 nitrogen and oxygen atoms in total. The molecule has 0 atom stereocenters. The van der Waals surface area contributed by atoms with Crippen LogP contribution in [-0.4, -0.2) is 35.7 Å². The molecule has 6 heteroatoms. The summed E-state index contributed by atoms with van der Waals surface area (Å²) in [5, 5.41) is 3.44. The summed E-state index contributed by atoms with van der Waals surface area (Å²) in [5.74, 6) is 1.39. The Balaban J connectivity index is 1.94. The maximum atomic E-state index is 11.5. The summed E-state index contributed by atoms with van der Waals surface area (Å²) < 4.78 is 10.3. The zero-order chi connectivity index (χ0) is 15.2. The molecule has 1 N–H and O–H groups in total. The van der Waals surface area contributed by atoms with Crippen molar-refractivity contribution < 1.29 is 14.3 Å². The third-order valence-corrected chi connectivity index (χ3v) is 3.92. The van der Waals surface area contributed by atoms with Gasteiger partial charge in [-0.3, -0.25) is 4.79 Å². The van der Waals surface area contributed by atoms with Gasteiger partial charge in [-0.05, 0) is 39.5 Å². The van der Waals surface area contributed by atoms with E-state index in [4.69, 9.17) is 9.47 Å². The Labute approximate surface area is 125 Å². The Morgan fingerprint density at radius 2 is 2.05 bits per heavy atom. The van der Waals surface area contributed by atoms with E-state index in [0.29, 0.717) is 18.5 Å². The first kappa shape index (κ1) is 15.5. The van der Waals surface area contributed by atoms with Gasteiger partial charge in [-0.2, -0.15) is 0 Å². The number of aromatic nitrogens is 2. The molecule has 0 unspecified atom stereocenters. The molecule has 1 saturated carbocycles. The van der Waals surface area contributed by atoms with Crippen molar-refractivity contribution in [3.8, 4) is 5.88 Å². The lowest BCUT2D eigenvalue weighted by molar-refractivity contribution is -0.146. The Hall–Kier alpha value is -1.85. The summed E-state index contributed by atoms with van der Waals surface area (Å²) in [7, 11) is 1.45. The van der Waals surface area contributed by atoms with Crippen LogP contribution in [-0.2, 0) is 9.53 Å². The van der Waals surface area contributed by atoms with Crippen LogP contribution in [0.3, 0.4) is 0 Å². The van der Waals surface area contributed by atoms with Gasteiger partial charge in [0.2, 0.25) is 5.88 Å². The van der Waals surface area contributed by atoms with E-state index in [2.05, 4.69) is 15.3 Å². The Morgan fingerprint density at radius 3 is 2.67 bits per heavy atom. The lowest BCUT2D eigenvalue weighted by Gasteiger charge is -2.28. The number of carbonyl (C=O) groups is 1. The lowest BCUT2D eigenvalue weighted by Crippen LogP contribution is -2.30. The molecule has 0 aromatic carbocycles. The van der Waals surface area contributed by atoms with E-state index in [-0.39, 0.29) is 11.9 Å². The van der Waals surface area contributed by atoms with Crippen LogP contribution >= 0.6 is 0 Å². The number of carbonyl (C=O) groups excluding carboxylic acids is 1. The van der Waals surface area contributed by atoms with Gasteiger partial charge in [0.1, 0.15) is 12.1 Å². The van der Waals surface area contributed by atoms with Crippen LogP contribution < -0.4 is 10.1 Å². The van der Waals surface area contributed by atoms with Crippen LogP contribution in [0.4, 0.5) is 5.82 Å². The van der Waals surface area contributed by atoms with Gasteiger partial charge in [-0.15, -0.1) is 0 Å². The number of nitrogens with one attached hydrogen (secondary N) is 1. The van der Waals surface area contributed by atoms with Crippen LogP contribution in [0.25, 0.3) is 0 Å². The minimum absolute atomic E-state index is 0.0403. The minimum atomic E-state index is -0.0923. The summed E-state index contributed by atoms with van der Waals surface area (Å²) in [5.41, 5.74) is 0.925. The molecule has 0 amide bonds. The van der Waals surface area contributed by atoms with Crippen molar-refractivity contribution in [3.05, 3.63) is 11.9 Å². The fourth-order valence-corrected chi connectivity index (χ4v) is 2.70. The van der Waals surface area contributed by atoms with E-state index in [0.717, 1.165) is 37.1 Å². The molecule has 1 aliphatic carbocycles. The highest BCUT2D eigenvalue weighted by Crippen LogP contribution is 2.29. The summed E-state index contributed by atoms with van der Waals surface area (Å²) in [6.07, 6.45) is 5.10. The molecular weight excluding hydrogens is 270 g/mol. The van der Waals surface area contributed by atoms with Gasteiger partial charge in [-0.25, -0.2) is 9.97 Å². The first-order valence-corrected chi connectivity index (χ1v) is 7.44. The average Bonchev–Trinajstić information content (AvgIpc) is 2.51.